The van der Waals surface area contributed by atoms with E-state index >= 15 is 0 Å². The molecule has 9 heteroatoms. The molecule has 1 aromatic carbocycles. The lowest BCUT2D eigenvalue weighted by atomic mass is 10.1. The highest BCUT2D eigenvalue weighted by atomic mass is 19.4. The van der Waals surface area contributed by atoms with Crippen LogP contribution in [-0.4, -0.2) is 25.5 Å². The van der Waals surface area contributed by atoms with Crippen LogP contribution in [0.25, 0.3) is 0 Å². The molecular formula is C13H14F5NO3. The van der Waals surface area contributed by atoms with Crippen molar-refractivity contribution in [2.45, 2.75) is 26.3 Å². The van der Waals surface area contributed by atoms with E-state index in [1.807, 2.05) is 0 Å². The Bertz CT molecular complexity index is 510. The highest BCUT2D eigenvalue weighted by Crippen LogP contribution is 2.31. The molecule has 0 aromatic heterocycles. The van der Waals surface area contributed by atoms with Crippen LogP contribution in [0.4, 0.5) is 22.0 Å². The zero-order valence-electron chi connectivity index (χ0n) is 11.8. The minimum atomic E-state index is -5.22. The van der Waals surface area contributed by atoms with Crippen LogP contribution in [0.15, 0.2) is 12.1 Å². The molecule has 0 aliphatic rings. The van der Waals surface area contributed by atoms with Crippen LogP contribution in [0.3, 0.4) is 0 Å². The fraction of sp³-hybridized carbons (Fsp3) is 0.462. The largest absolute Gasteiger partial charge is 0.573 e. The lowest BCUT2D eigenvalue weighted by Crippen LogP contribution is -2.30. The van der Waals surface area contributed by atoms with Gasteiger partial charge in [0.1, 0.15) is 0 Å². The molecule has 0 saturated carbocycles. The van der Waals surface area contributed by atoms with Crippen LogP contribution in [0.2, 0.25) is 0 Å². The van der Waals surface area contributed by atoms with Crippen molar-refractivity contribution in [2.75, 3.05) is 13.2 Å². The first-order valence-electron chi connectivity index (χ1n) is 6.23. The zero-order chi connectivity index (χ0) is 16.9. The number of halogens is 5. The Hall–Kier alpha value is -1.90. The van der Waals surface area contributed by atoms with Gasteiger partial charge in [-0.2, -0.15) is 0 Å². The SMILES string of the molecule is CCOCC(NC(C)=O)c1cc(F)c(OC(F)(F)F)c(F)c1. The summed E-state index contributed by atoms with van der Waals surface area (Å²) in [6, 6.07) is 0.412. The quantitative estimate of drug-likeness (QED) is 0.817. The number of nitrogens with one attached hydrogen (secondary N) is 1. The Morgan fingerprint density at radius 1 is 1.27 bits per heavy atom. The van der Waals surface area contributed by atoms with Gasteiger partial charge in [0.2, 0.25) is 11.7 Å². The topological polar surface area (TPSA) is 47.6 Å². The van der Waals surface area contributed by atoms with Crippen LogP contribution >= 0.6 is 0 Å². The average molecular weight is 327 g/mol. The van der Waals surface area contributed by atoms with Gasteiger partial charge in [-0.25, -0.2) is 8.78 Å². The lowest BCUT2D eigenvalue weighted by Gasteiger charge is -2.19. The third-order valence-electron chi connectivity index (χ3n) is 2.51. The van der Waals surface area contributed by atoms with Crippen LogP contribution in [-0.2, 0) is 9.53 Å². The summed E-state index contributed by atoms with van der Waals surface area (Å²) in [6.45, 7) is 3.06. The number of alkyl halides is 3. The van der Waals surface area contributed by atoms with Gasteiger partial charge in [0, 0.05) is 13.5 Å². The molecule has 0 aliphatic heterocycles. The van der Waals surface area contributed by atoms with Gasteiger partial charge in [0.05, 0.1) is 12.6 Å². The molecule has 1 aromatic rings. The van der Waals surface area contributed by atoms with Crippen molar-refractivity contribution in [3.63, 3.8) is 0 Å². The van der Waals surface area contributed by atoms with Gasteiger partial charge in [-0.15, -0.1) is 13.2 Å². The summed E-state index contributed by atoms with van der Waals surface area (Å²) >= 11 is 0. The Kier molecular flexibility index (Phi) is 6.10. The van der Waals surface area contributed by atoms with Crippen molar-refractivity contribution in [1.82, 2.24) is 5.32 Å². The molecule has 1 amide bonds. The maximum absolute atomic E-state index is 13.6. The van der Waals surface area contributed by atoms with Gasteiger partial charge < -0.3 is 14.8 Å². The molecule has 1 atom stereocenters. The van der Waals surface area contributed by atoms with Gasteiger partial charge in [0.25, 0.3) is 0 Å². The molecular weight excluding hydrogens is 313 g/mol. The maximum atomic E-state index is 13.6. The Balaban J connectivity index is 3.10. The van der Waals surface area contributed by atoms with Crippen LogP contribution in [0.5, 0.6) is 5.75 Å². The van der Waals surface area contributed by atoms with Crippen molar-refractivity contribution in [1.29, 1.82) is 0 Å². The summed E-state index contributed by atoms with van der Waals surface area (Å²) in [5.41, 5.74) is -0.0758. The third kappa shape index (κ3) is 5.47. The first-order chi connectivity index (χ1) is 10.1. The molecule has 0 fully saturated rings. The van der Waals surface area contributed by atoms with Crippen molar-refractivity contribution in [2.24, 2.45) is 0 Å². The van der Waals surface area contributed by atoms with Gasteiger partial charge in [0.15, 0.2) is 11.6 Å². The van der Waals surface area contributed by atoms with E-state index in [0.29, 0.717) is 12.1 Å². The molecule has 0 saturated heterocycles. The predicted molar refractivity (Wildman–Crippen MR) is 66.1 cm³/mol. The summed E-state index contributed by atoms with van der Waals surface area (Å²) in [4.78, 5) is 11.1. The fourth-order valence-corrected chi connectivity index (χ4v) is 1.70. The number of ether oxygens (including phenoxy) is 2. The maximum Gasteiger partial charge on any atom is 0.573 e. The van der Waals surface area contributed by atoms with E-state index in [0.717, 1.165) is 0 Å². The second-order valence-corrected chi connectivity index (χ2v) is 4.27. The molecule has 0 heterocycles. The van der Waals surface area contributed by atoms with Gasteiger partial charge in [-0.1, -0.05) is 0 Å². The summed E-state index contributed by atoms with van der Waals surface area (Å²) in [7, 11) is 0. The first-order valence-corrected chi connectivity index (χ1v) is 6.23. The molecule has 124 valence electrons. The minimum absolute atomic E-state index is 0.0758. The van der Waals surface area contributed by atoms with Crippen molar-refractivity contribution >= 4 is 5.91 Å². The van der Waals surface area contributed by atoms with E-state index in [4.69, 9.17) is 4.74 Å². The average Bonchev–Trinajstić information content (AvgIpc) is 2.37. The van der Waals surface area contributed by atoms with Crippen molar-refractivity contribution < 1.29 is 36.2 Å². The third-order valence-corrected chi connectivity index (χ3v) is 2.51. The van der Waals surface area contributed by atoms with E-state index in [-0.39, 0.29) is 18.8 Å². The van der Waals surface area contributed by atoms with E-state index in [2.05, 4.69) is 10.1 Å². The number of hydrogen-bond donors (Lipinski definition) is 1. The van der Waals surface area contributed by atoms with E-state index < -0.39 is 35.7 Å². The lowest BCUT2D eigenvalue weighted by molar-refractivity contribution is -0.276. The predicted octanol–water partition coefficient (Wildman–Crippen LogP) is 3.08. The first kappa shape index (κ1) is 18.1. The molecule has 1 rings (SSSR count). The molecule has 0 radical (unpaired) electrons. The summed E-state index contributed by atoms with van der Waals surface area (Å²) in [5.74, 6) is -5.09. The number of carbonyl (C=O) groups excluding carboxylic acids is 1. The zero-order valence-corrected chi connectivity index (χ0v) is 11.8. The molecule has 0 aliphatic carbocycles. The van der Waals surface area contributed by atoms with E-state index in [1.165, 1.54) is 6.92 Å². The number of carbonyl (C=O) groups is 1. The smallest absolute Gasteiger partial charge is 0.399 e. The highest BCUT2D eigenvalue weighted by molar-refractivity contribution is 5.73. The summed E-state index contributed by atoms with van der Waals surface area (Å²) < 4.78 is 71.8. The van der Waals surface area contributed by atoms with Crippen LogP contribution < -0.4 is 10.1 Å². The Labute approximate surface area is 123 Å². The van der Waals surface area contributed by atoms with E-state index in [1.54, 1.807) is 6.92 Å². The Morgan fingerprint density at radius 3 is 2.23 bits per heavy atom. The number of hydrogen-bond acceptors (Lipinski definition) is 3. The van der Waals surface area contributed by atoms with Gasteiger partial charge in [-0.05, 0) is 24.6 Å². The molecule has 0 spiro atoms. The minimum Gasteiger partial charge on any atom is -0.399 e. The number of benzene rings is 1. The van der Waals surface area contributed by atoms with Gasteiger partial charge >= 0.3 is 6.36 Å². The second kappa shape index (κ2) is 7.39. The molecule has 1 unspecified atom stereocenters. The molecule has 1 N–H and O–H groups in total. The van der Waals surface area contributed by atoms with Crippen molar-refractivity contribution in [3.8, 4) is 5.75 Å². The van der Waals surface area contributed by atoms with Crippen LogP contribution in [0, 0.1) is 11.6 Å². The standard InChI is InChI=1S/C13H14F5NO3/c1-3-21-6-11(19-7(2)20)8-4-9(14)12(10(15)5-8)22-13(16,17)18/h4-5,11H,3,6H2,1-2H3,(H,19,20). The monoisotopic (exact) mass is 327 g/mol. The molecule has 22 heavy (non-hydrogen) atoms. The highest BCUT2D eigenvalue weighted by Gasteiger charge is 2.34. The second-order valence-electron chi connectivity index (χ2n) is 4.27. The fourth-order valence-electron chi connectivity index (χ4n) is 1.70. The Morgan fingerprint density at radius 2 is 1.82 bits per heavy atom. The summed E-state index contributed by atoms with van der Waals surface area (Å²) in [6.07, 6.45) is -5.22. The molecule has 0 bridgehead atoms. The van der Waals surface area contributed by atoms with Crippen LogP contribution in [0.1, 0.15) is 25.5 Å². The number of amides is 1. The number of rotatable bonds is 6. The molecule has 4 nitrogen and oxygen atoms in total. The summed E-state index contributed by atoms with van der Waals surface area (Å²) in [5, 5.41) is 2.39. The van der Waals surface area contributed by atoms with E-state index in [9.17, 15) is 26.7 Å². The van der Waals surface area contributed by atoms with Gasteiger partial charge in [-0.3, -0.25) is 4.79 Å². The van der Waals surface area contributed by atoms with Crippen molar-refractivity contribution in [3.05, 3.63) is 29.3 Å². The normalized spacial score (nSPS) is 12.9.